The minimum absolute atomic E-state index is 0.0198. The van der Waals surface area contributed by atoms with E-state index in [0.29, 0.717) is 36.2 Å². The summed E-state index contributed by atoms with van der Waals surface area (Å²) in [6, 6.07) is 13.6. The number of hydrogen-bond donors (Lipinski definition) is 0. The van der Waals surface area contributed by atoms with E-state index < -0.39 is 28.9 Å². The monoisotopic (exact) mass is 597 g/mol. The van der Waals surface area contributed by atoms with Gasteiger partial charge >= 0.3 is 11.9 Å². The predicted octanol–water partition coefficient (Wildman–Crippen LogP) is 4.20. The molecule has 1 atom stereocenters. The lowest BCUT2D eigenvalue weighted by atomic mass is 9.96. The van der Waals surface area contributed by atoms with Crippen molar-refractivity contribution in [1.82, 2.24) is 14.0 Å². The summed E-state index contributed by atoms with van der Waals surface area (Å²) in [5.74, 6) is -0.650. The molecular formula is C25H23F3IN3O3. The van der Waals surface area contributed by atoms with Crippen LogP contribution in [0.1, 0.15) is 40.2 Å². The molecule has 1 aliphatic rings. The van der Waals surface area contributed by atoms with Gasteiger partial charge in [-0.05, 0) is 78.2 Å². The first-order chi connectivity index (χ1) is 16.6. The number of nitrogens with zero attached hydrogens (tertiary/aromatic N) is 3. The van der Waals surface area contributed by atoms with E-state index in [1.165, 1.54) is 22.9 Å². The van der Waals surface area contributed by atoms with Crippen molar-refractivity contribution >= 4 is 28.5 Å². The second-order valence-electron chi connectivity index (χ2n) is 8.53. The lowest BCUT2D eigenvalue weighted by Gasteiger charge is -2.17. The molecule has 0 aliphatic carbocycles. The molecule has 35 heavy (non-hydrogen) atoms. The highest BCUT2D eigenvalue weighted by molar-refractivity contribution is 14.1. The SMILES string of the molecule is O=C(c1ccccc1)n1c(=O)c(I)cn(CCCN2CC[C@@H](c3cccc(C(F)(F)F)c3)C2)c1=O. The Morgan fingerprint density at radius 1 is 1.03 bits per heavy atom. The normalized spacial score (nSPS) is 16.5. The average molecular weight is 597 g/mol. The van der Waals surface area contributed by atoms with E-state index >= 15 is 0 Å². The highest BCUT2D eigenvalue weighted by Crippen LogP contribution is 2.33. The Bertz CT molecular complexity index is 1340. The van der Waals surface area contributed by atoms with Crippen molar-refractivity contribution in [2.24, 2.45) is 0 Å². The van der Waals surface area contributed by atoms with Crippen molar-refractivity contribution in [1.29, 1.82) is 0 Å². The van der Waals surface area contributed by atoms with Crippen LogP contribution in [-0.2, 0) is 12.7 Å². The zero-order valence-electron chi connectivity index (χ0n) is 18.7. The number of likely N-dealkylation sites (tertiary alicyclic amines) is 1. The molecule has 1 aromatic heterocycles. The van der Waals surface area contributed by atoms with Crippen LogP contribution in [0.15, 0.2) is 70.4 Å². The fourth-order valence-corrected chi connectivity index (χ4v) is 4.94. The summed E-state index contributed by atoms with van der Waals surface area (Å²) < 4.78 is 41.4. The summed E-state index contributed by atoms with van der Waals surface area (Å²) in [4.78, 5) is 40.4. The first kappa shape index (κ1) is 25.4. The van der Waals surface area contributed by atoms with Gasteiger partial charge in [0.15, 0.2) is 0 Å². The number of aryl methyl sites for hydroxylation is 1. The van der Waals surface area contributed by atoms with Crippen LogP contribution in [0.2, 0.25) is 0 Å². The molecule has 2 heterocycles. The number of halogens is 4. The zero-order chi connectivity index (χ0) is 25.2. The molecule has 0 amide bonds. The third-order valence-electron chi connectivity index (χ3n) is 6.17. The van der Waals surface area contributed by atoms with Gasteiger partial charge in [0.25, 0.3) is 11.5 Å². The molecule has 1 aliphatic heterocycles. The summed E-state index contributed by atoms with van der Waals surface area (Å²) in [6.07, 6.45) is -1.56. The molecule has 184 valence electrons. The summed E-state index contributed by atoms with van der Waals surface area (Å²) in [5, 5.41) is 0. The summed E-state index contributed by atoms with van der Waals surface area (Å²) in [6.45, 7) is 2.34. The number of rotatable bonds is 6. The van der Waals surface area contributed by atoms with E-state index in [4.69, 9.17) is 0 Å². The third kappa shape index (κ3) is 5.75. The molecule has 0 unspecified atom stereocenters. The van der Waals surface area contributed by atoms with Crippen LogP contribution >= 0.6 is 22.6 Å². The van der Waals surface area contributed by atoms with E-state index in [9.17, 15) is 27.6 Å². The topological polar surface area (TPSA) is 64.3 Å². The summed E-state index contributed by atoms with van der Waals surface area (Å²) in [7, 11) is 0. The Kier molecular flexibility index (Phi) is 7.60. The summed E-state index contributed by atoms with van der Waals surface area (Å²) >= 11 is 1.82. The molecule has 4 rings (SSSR count). The smallest absolute Gasteiger partial charge is 0.303 e. The molecule has 3 aromatic rings. The van der Waals surface area contributed by atoms with E-state index in [-0.39, 0.29) is 15.1 Å². The molecule has 0 radical (unpaired) electrons. The first-order valence-electron chi connectivity index (χ1n) is 11.2. The number of aromatic nitrogens is 2. The lowest BCUT2D eigenvalue weighted by Crippen LogP contribution is -2.45. The maximum absolute atomic E-state index is 13.0. The number of carbonyl (C=O) groups excluding carboxylic acids is 1. The van der Waals surface area contributed by atoms with Crippen molar-refractivity contribution in [3.05, 3.63) is 102 Å². The Morgan fingerprint density at radius 2 is 1.77 bits per heavy atom. The van der Waals surface area contributed by atoms with Crippen molar-refractivity contribution in [2.75, 3.05) is 19.6 Å². The van der Waals surface area contributed by atoms with Gasteiger partial charge in [-0.15, -0.1) is 0 Å². The zero-order valence-corrected chi connectivity index (χ0v) is 20.8. The van der Waals surface area contributed by atoms with Crippen molar-refractivity contribution in [3.8, 4) is 0 Å². The van der Waals surface area contributed by atoms with Gasteiger partial charge in [-0.1, -0.05) is 36.4 Å². The van der Waals surface area contributed by atoms with E-state index in [1.54, 1.807) is 36.4 Å². The molecule has 0 saturated carbocycles. The molecular weight excluding hydrogens is 574 g/mol. The second kappa shape index (κ2) is 10.5. The van der Waals surface area contributed by atoms with Gasteiger partial charge in [-0.3, -0.25) is 14.2 Å². The molecule has 2 aromatic carbocycles. The molecule has 1 fully saturated rings. The van der Waals surface area contributed by atoms with Gasteiger partial charge < -0.3 is 4.90 Å². The van der Waals surface area contributed by atoms with Crippen LogP contribution in [0.25, 0.3) is 0 Å². The Morgan fingerprint density at radius 3 is 2.49 bits per heavy atom. The molecule has 6 nitrogen and oxygen atoms in total. The van der Waals surface area contributed by atoms with Gasteiger partial charge in [-0.2, -0.15) is 17.7 Å². The van der Waals surface area contributed by atoms with E-state index in [2.05, 4.69) is 4.90 Å². The van der Waals surface area contributed by atoms with Crippen LogP contribution in [0, 0.1) is 3.57 Å². The van der Waals surface area contributed by atoms with Gasteiger partial charge in [0.1, 0.15) is 0 Å². The standard InChI is InChI=1S/C25H23F3IN3O3/c26-25(27,28)20-9-4-8-18(14-20)19-10-13-30(15-19)11-5-12-31-16-21(29)23(34)32(24(31)35)22(33)17-6-2-1-3-7-17/h1-4,6-9,14,16,19H,5,10-13,15H2/t19-/m1/s1. The Hall–Kier alpha value is -2.73. The number of hydrogen-bond acceptors (Lipinski definition) is 4. The number of alkyl halides is 3. The quantitative estimate of drug-likeness (QED) is 0.400. The molecule has 10 heteroatoms. The fourth-order valence-electron chi connectivity index (χ4n) is 4.36. The maximum Gasteiger partial charge on any atom is 0.416 e. The van der Waals surface area contributed by atoms with Crippen molar-refractivity contribution < 1.29 is 18.0 Å². The van der Waals surface area contributed by atoms with Crippen LogP contribution in [0.4, 0.5) is 13.2 Å². The van der Waals surface area contributed by atoms with Crippen LogP contribution in [0.5, 0.6) is 0 Å². The summed E-state index contributed by atoms with van der Waals surface area (Å²) in [5.41, 5.74) is -1.04. The van der Waals surface area contributed by atoms with Gasteiger partial charge in [-0.25, -0.2) is 4.79 Å². The highest BCUT2D eigenvalue weighted by Gasteiger charge is 2.32. The van der Waals surface area contributed by atoms with Gasteiger partial charge in [0, 0.05) is 24.8 Å². The second-order valence-corrected chi connectivity index (χ2v) is 9.69. The number of carbonyl (C=O) groups is 1. The largest absolute Gasteiger partial charge is 0.416 e. The van der Waals surface area contributed by atoms with Crippen LogP contribution in [0.3, 0.4) is 0 Å². The predicted molar refractivity (Wildman–Crippen MR) is 134 cm³/mol. The minimum Gasteiger partial charge on any atom is -0.303 e. The fraction of sp³-hybridized carbons (Fsp3) is 0.320. The van der Waals surface area contributed by atoms with Crippen molar-refractivity contribution in [2.45, 2.75) is 31.5 Å². The van der Waals surface area contributed by atoms with Gasteiger partial charge in [0.05, 0.1) is 9.13 Å². The third-order valence-corrected chi connectivity index (χ3v) is 6.91. The molecule has 0 spiro atoms. The lowest BCUT2D eigenvalue weighted by molar-refractivity contribution is -0.137. The van der Waals surface area contributed by atoms with Crippen LogP contribution in [-0.4, -0.2) is 39.6 Å². The van der Waals surface area contributed by atoms with E-state index in [1.807, 2.05) is 22.6 Å². The van der Waals surface area contributed by atoms with E-state index in [0.717, 1.165) is 19.0 Å². The van der Waals surface area contributed by atoms with Crippen LogP contribution < -0.4 is 11.2 Å². The first-order valence-corrected chi connectivity index (χ1v) is 12.2. The molecule has 0 N–H and O–H groups in total. The molecule has 1 saturated heterocycles. The Balaban J connectivity index is 1.41. The maximum atomic E-state index is 13.0. The van der Waals surface area contributed by atoms with Crippen molar-refractivity contribution in [3.63, 3.8) is 0 Å². The number of benzene rings is 2. The highest BCUT2D eigenvalue weighted by atomic mass is 127. The minimum atomic E-state index is -4.36. The Labute approximate surface area is 213 Å². The average Bonchev–Trinajstić information content (AvgIpc) is 3.31. The van der Waals surface area contributed by atoms with Gasteiger partial charge in [0.2, 0.25) is 0 Å². The molecule has 0 bridgehead atoms.